The van der Waals surface area contributed by atoms with E-state index < -0.39 is 0 Å². The topological polar surface area (TPSA) is 68.8 Å². The van der Waals surface area contributed by atoms with Crippen molar-refractivity contribution in [2.45, 2.75) is 19.1 Å². The summed E-state index contributed by atoms with van der Waals surface area (Å²) in [6, 6.07) is 7.79. The molecular formula is C16H25ClN2O4. The van der Waals surface area contributed by atoms with Crippen LogP contribution in [-0.2, 0) is 20.9 Å². The molecule has 6 nitrogen and oxygen atoms in total. The standard InChI is InChI=1S/C16H24N2O4.ClH/c1-20-14-5-3-13(4-6-14)12-21-9-2-7-18-16(19)15-11-17-8-10-22-15;/h3-6,15,17H,2,7-12H2,1H3,(H,18,19);1H. The third-order valence-corrected chi connectivity index (χ3v) is 3.41. The first kappa shape index (κ1) is 19.7. The zero-order valence-corrected chi connectivity index (χ0v) is 14.2. The Morgan fingerprint density at radius 1 is 1.39 bits per heavy atom. The van der Waals surface area contributed by atoms with Crippen molar-refractivity contribution in [2.75, 3.05) is 40.0 Å². The first-order valence-corrected chi connectivity index (χ1v) is 7.60. The summed E-state index contributed by atoms with van der Waals surface area (Å²) in [5.74, 6) is 0.785. The average molecular weight is 345 g/mol. The second kappa shape index (κ2) is 11.2. The maximum atomic E-state index is 11.8. The van der Waals surface area contributed by atoms with Crippen molar-refractivity contribution >= 4 is 18.3 Å². The Morgan fingerprint density at radius 2 is 2.17 bits per heavy atom. The van der Waals surface area contributed by atoms with Gasteiger partial charge in [-0.3, -0.25) is 4.79 Å². The summed E-state index contributed by atoms with van der Waals surface area (Å²) in [6.07, 6.45) is 0.413. The quantitative estimate of drug-likeness (QED) is 0.692. The van der Waals surface area contributed by atoms with Crippen molar-refractivity contribution in [3.63, 3.8) is 0 Å². The Hall–Kier alpha value is -1.34. The summed E-state index contributed by atoms with van der Waals surface area (Å²) in [5, 5.41) is 6.00. The van der Waals surface area contributed by atoms with Crippen LogP contribution in [0.15, 0.2) is 24.3 Å². The van der Waals surface area contributed by atoms with Gasteiger partial charge in [-0.25, -0.2) is 0 Å². The molecule has 1 aromatic rings. The first-order valence-electron chi connectivity index (χ1n) is 7.60. The van der Waals surface area contributed by atoms with Gasteiger partial charge in [-0.2, -0.15) is 0 Å². The number of hydrogen-bond acceptors (Lipinski definition) is 5. The van der Waals surface area contributed by atoms with Gasteiger partial charge in [0.25, 0.3) is 0 Å². The molecule has 1 saturated heterocycles. The van der Waals surface area contributed by atoms with Crippen molar-refractivity contribution in [3.8, 4) is 5.75 Å². The summed E-state index contributed by atoms with van der Waals surface area (Å²) in [5.41, 5.74) is 1.10. The van der Waals surface area contributed by atoms with E-state index in [9.17, 15) is 4.79 Å². The third kappa shape index (κ3) is 7.18. The molecule has 1 fully saturated rings. The number of nitrogens with one attached hydrogen (secondary N) is 2. The Labute approximate surface area is 143 Å². The lowest BCUT2D eigenvalue weighted by Crippen LogP contribution is -2.48. The van der Waals surface area contributed by atoms with E-state index in [1.54, 1.807) is 7.11 Å². The number of benzene rings is 1. The fourth-order valence-corrected chi connectivity index (χ4v) is 2.15. The van der Waals surface area contributed by atoms with Gasteiger partial charge in [-0.1, -0.05) is 12.1 Å². The Kier molecular flexibility index (Phi) is 9.63. The zero-order valence-electron chi connectivity index (χ0n) is 13.4. The van der Waals surface area contributed by atoms with Gasteiger partial charge < -0.3 is 24.8 Å². The summed E-state index contributed by atoms with van der Waals surface area (Å²) in [4.78, 5) is 11.8. The minimum atomic E-state index is -0.367. The van der Waals surface area contributed by atoms with E-state index in [-0.39, 0.29) is 24.4 Å². The average Bonchev–Trinajstić information content (AvgIpc) is 2.59. The maximum absolute atomic E-state index is 11.8. The van der Waals surface area contributed by atoms with E-state index in [1.807, 2.05) is 24.3 Å². The lowest BCUT2D eigenvalue weighted by atomic mass is 10.2. The molecule has 130 valence electrons. The second-order valence-corrected chi connectivity index (χ2v) is 5.11. The van der Waals surface area contributed by atoms with Gasteiger partial charge in [0.2, 0.25) is 5.91 Å². The molecule has 0 aliphatic carbocycles. The van der Waals surface area contributed by atoms with E-state index in [2.05, 4.69) is 10.6 Å². The van der Waals surface area contributed by atoms with E-state index >= 15 is 0 Å². The molecule has 0 saturated carbocycles. The lowest BCUT2D eigenvalue weighted by Gasteiger charge is -2.22. The van der Waals surface area contributed by atoms with E-state index in [4.69, 9.17) is 14.2 Å². The summed E-state index contributed by atoms with van der Waals surface area (Å²) < 4.78 is 16.1. The Balaban J connectivity index is 0.00000264. The van der Waals surface area contributed by atoms with Crippen LogP contribution in [0.4, 0.5) is 0 Å². The molecule has 1 heterocycles. The van der Waals surface area contributed by atoms with Gasteiger partial charge in [-0.05, 0) is 24.1 Å². The third-order valence-electron chi connectivity index (χ3n) is 3.41. The number of halogens is 1. The highest BCUT2D eigenvalue weighted by molar-refractivity contribution is 5.85. The van der Waals surface area contributed by atoms with Crippen LogP contribution in [0, 0.1) is 0 Å². The van der Waals surface area contributed by atoms with Crippen LogP contribution in [-0.4, -0.2) is 52.0 Å². The number of methoxy groups -OCH3 is 1. The van der Waals surface area contributed by atoms with Gasteiger partial charge in [0.15, 0.2) is 0 Å². The SMILES string of the molecule is COc1ccc(COCCCNC(=O)C2CNCCO2)cc1.Cl. The molecule has 0 radical (unpaired) electrons. The Morgan fingerprint density at radius 3 is 2.83 bits per heavy atom. The minimum Gasteiger partial charge on any atom is -0.497 e. The number of ether oxygens (including phenoxy) is 3. The van der Waals surface area contributed by atoms with Crippen LogP contribution in [0.25, 0.3) is 0 Å². The van der Waals surface area contributed by atoms with Gasteiger partial charge in [0.1, 0.15) is 11.9 Å². The Bertz CT molecular complexity index is 450. The highest BCUT2D eigenvalue weighted by Gasteiger charge is 2.20. The zero-order chi connectivity index (χ0) is 15.6. The molecule has 1 aromatic carbocycles. The van der Waals surface area contributed by atoms with E-state index in [0.29, 0.717) is 32.9 Å². The molecule has 7 heteroatoms. The molecule has 1 amide bonds. The maximum Gasteiger partial charge on any atom is 0.250 e. The highest BCUT2D eigenvalue weighted by atomic mass is 35.5. The molecule has 0 spiro atoms. The van der Waals surface area contributed by atoms with Gasteiger partial charge in [-0.15, -0.1) is 12.4 Å². The molecule has 1 atom stereocenters. The molecule has 1 aliphatic heterocycles. The number of carbonyl (C=O) groups is 1. The second-order valence-electron chi connectivity index (χ2n) is 5.11. The first-order chi connectivity index (χ1) is 10.8. The molecular weight excluding hydrogens is 320 g/mol. The van der Waals surface area contributed by atoms with Crippen LogP contribution >= 0.6 is 12.4 Å². The summed E-state index contributed by atoms with van der Waals surface area (Å²) in [7, 11) is 1.65. The molecule has 23 heavy (non-hydrogen) atoms. The number of amides is 1. The fraction of sp³-hybridized carbons (Fsp3) is 0.562. The molecule has 1 unspecified atom stereocenters. The molecule has 0 aromatic heterocycles. The summed E-state index contributed by atoms with van der Waals surface area (Å²) >= 11 is 0. The molecule has 2 rings (SSSR count). The predicted molar refractivity (Wildman–Crippen MR) is 90.1 cm³/mol. The summed E-state index contributed by atoms with van der Waals surface area (Å²) in [6.45, 7) is 3.75. The van der Waals surface area contributed by atoms with Crippen LogP contribution in [0.5, 0.6) is 5.75 Å². The smallest absolute Gasteiger partial charge is 0.250 e. The number of rotatable bonds is 8. The molecule has 0 bridgehead atoms. The number of hydrogen-bond donors (Lipinski definition) is 2. The van der Waals surface area contributed by atoms with Gasteiger partial charge >= 0.3 is 0 Å². The van der Waals surface area contributed by atoms with E-state index in [1.165, 1.54) is 0 Å². The monoisotopic (exact) mass is 344 g/mol. The van der Waals surface area contributed by atoms with Crippen molar-refractivity contribution in [1.29, 1.82) is 0 Å². The predicted octanol–water partition coefficient (Wildman–Crippen LogP) is 1.13. The largest absolute Gasteiger partial charge is 0.497 e. The minimum absolute atomic E-state index is 0. The fourth-order valence-electron chi connectivity index (χ4n) is 2.15. The number of carbonyl (C=O) groups excluding carboxylic acids is 1. The van der Waals surface area contributed by atoms with Crippen LogP contribution in [0.3, 0.4) is 0 Å². The van der Waals surface area contributed by atoms with Crippen molar-refractivity contribution in [1.82, 2.24) is 10.6 Å². The van der Waals surface area contributed by atoms with Crippen LogP contribution in [0.2, 0.25) is 0 Å². The van der Waals surface area contributed by atoms with Crippen LogP contribution in [0.1, 0.15) is 12.0 Å². The van der Waals surface area contributed by atoms with Gasteiger partial charge in [0, 0.05) is 26.2 Å². The van der Waals surface area contributed by atoms with Crippen molar-refractivity contribution in [2.24, 2.45) is 0 Å². The van der Waals surface area contributed by atoms with E-state index in [0.717, 1.165) is 24.3 Å². The highest BCUT2D eigenvalue weighted by Crippen LogP contribution is 2.11. The van der Waals surface area contributed by atoms with Crippen LogP contribution < -0.4 is 15.4 Å². The van der Waals surface area contributed by atoms with Gasteiger partial charge in [0.05, 0.1) is 20.3 Å². The van der Waals surface area contributed by atoms with Crippen molar-refractivity contribution < 1.29 is 19.0 Å². The van der Waals surface area contributed by atoms with Crippen molar-refractivity contribution in [3.05, 3.63) is 29.8 Å². The normalized spacial score (nSPS) is 17.2. The molecule has 2 N–H and O–H groups in total. The molecule has 1 aliphatic rings. The number of morpholine rings is 1. The lowest BCUT2D eigenvalue weighted by molar-refractivity contribution is -0.134.